The SMILES string of the molecule is CCN(C[C@H](C)COc1cccc2c1C[C@](NC(=O)OC(C)(C)C)(OC(=O)O)CC2)C(=O)[C@H](C)NC(=O)[C@H](C)N. The van der Waals surface area contributed by atoms with Gasteiger partial charge >= 0.3 is 12.2 Å². The summed E-state index contributed by atoms with van der Waals surface area (Å²) in [5.41, 5.74) is 4.99. The van der Waals surface area contributed by atoms with Crippen LogP contribution in [0.1, 0.15) is 66.0 Å². The Labute approximate surface area is 235 Å². The van der Waals surface area contributed by atoms with Gasteiger partial charge in [0.2, 0.25) is 11.8 Å². The normalized spacial score (nSPS) is 18.8. The molecule has 0 aromatic heterocycles. The van der Waals surface area contributed by atoms with Gasteiger partial charge < -0.3 is 35.3 Å². The van der Waals surface area contributed by atoms with Crippen molar-refractivity contribution in [3.63, 3.8) is 0 Å². The molecule has 0 bridgehead atoms. The number of aryl methyl sites for hydroxylation is 1. The third kappa shape index (κ3) is 9.58. The maximum Gasteiger partial charge on any atom is 0.507 e. The molecule has 5 N–H and O–H groups in total. The van der Waals surface area contributed by atoms with Gasteiger partial charge in [-0.1, -0.05) is 19.1 Å². The molecule has 2 rings (SSSR count). The number of rotatable bonds is 11. The number of benzene rings is 1. The minimum Gasteiger partial charge on any atom is -0.493 e. The third-order valence-corrected chi connectivity index (χ3v) is 6.39. The molecule has 1 aromatic carbocycles. The number of carbonyl (C=O) groups is 4. The highest BCUT2D eigenvalue weighted by molar-refractivity contribution is 5.89. The van der Waals surface area contributed by atoms with E-state index >= 15 is 0 Å². The van der Waals surface area contributed by atoms with E-state index in [1.165, 1.54) is 0 Å². The maximum atomic E-state index is 12.9. The minimum absolute atomic E-state index is 0.0643. The first kappa shape index (κ1) is 32.7. The Morgan fingerprint density at radius 1 is 1.18 bits per heavy atom. The van der Waals surface area contributed by atoms with Crippen molar-refractivity contribution in [2.45, 2.75) is 91.1 Å². The monoisotopic (exact) mass is 564 g/mol. The number of carboxylic acid groups (broad SMARTS) is 1. The molecule has 0 saturated carbocycles. The summed E-state index contributed by atoms with van der Waals surface area (Å²) in [6.07, 6.45) is -1.54. The van der Waals surface area contributed by atoms with Crippen LogP contribution in [0.15, 0.2) is 18.2 Å². The van der Waals surface area contributed by atoms with Crippen molar-refractivity contribution < 1.29 is 38.5 Å². The van der Waals surface area contributed by atoms with Crippen LogP contribution in [0.4, 0.5) is 9.59 Å². The number of nitrogens with two attached hydrogens (primary N) is 1. The van der Waals surface area contributed by atoms with Crippen LogP contribution in [0, 0.1) is 5.92 Å². The Kier molecular flexibility index (Phi) is 11.2. The highest BCUT2D eigenvalue weighted by atomic mass is 16.7. The average Bonchev–Trinajstić information content (AvgIpc) is 2.83. The first-order valence-electron chi connectivity index (χ1n) is 13.6. The number of carbonyl (C=O) groups excluding carboxylic acids is 3. The molecule has 0 fully saturated rings. The van der Waals surface area contributed by atoms with E-state index in [4.69, 9.17) is 19.9 Å². The van der Waals surface area contributed by atoms with Crippen LogP contribution >= 0.6 is 0 Å². The number of hydrogen-bond acceptors (Lipinski definition) is 8. The van der Waals surface area contributed by atoms with Crippen molar-refractivity contribution in [1.29, 1.82) is 0 Å². The average molecular weight is 565 g/mol. The van der Waals surface area contributed by atoms with Gasteiger partial charge in [0.15, 0.2) is 5.72 Å². The summed E-state index contributed by atoms with van der Waals surface area (Å²) in [5, 5.41) is 14.7. The fourth-order valence-electron chi connectivity index (χ4n) is 4.48. The van der Waals surface area contributed by atoms with Crippen LogP contribution in [0.5, 0.6) is 5.75 Å². The highest BCUT2D eigenvalue weighted by Crippen LogP contribution is 2.36. The zero-order chi connectivity index (χ0) is 30.3. The Morgan fingerprint density at radius 3 is 2.42 bits per heavy atom. The molecule has 0 radical (unpaired) electrons. The minimum atomic E-state index is -1.51. The van der Waals surface area contributed by atoms with Gasteiger partial charge in [0.1, 0.15) is 17.4 Å². The predicted octanol–water partition coefficient (Wildman–Crippen LogP) is 2.81. The molecule has 0 unspecified atom stereocenters. The van der Waals surface area contributed by atoms with Gasteiger partial charge in [0.25, 0.3) is 0 Å². The summed E-state index contributed by atoms with van der Waals surface area (Å²) in [6, 6.07) is 4.14. The first-order valence-corrected chi connectivity index (χ1v) is 13.6. The van der Waals surface area contributed by atoms with Crippen molar-refractivity contribution in [2.24, 2.45) is 11.7 Å². The second-order valence-electron chi connectivity index (χ2n) is 11.4. The second kappa shape index (κ2) is 13.7. The molecule has 0 aliphatic heterocycles. The van der Waals surface area contributed by atoms with Gasteiger partial charge in [-0.25, -0.2) is 9.59 Å². The number of nitrogens with one attached hydrogen (secondary N) is 2. The van der Waals surface area contributed by atoms with Crippen LogP contribution in [0.25, 0.3) is 0 Å². The summed E-state index contributed by atoms with van der Waals surface area (Å²) < 4.78 is 16.7. The lowest BCUT2D eigenvalue weighted by Gasteiger charge is -2.38. The number of hydrogen-bond donors (Lipinski definition) is 4. The van der Waals surface area contributed by atoms with Gasteiger partial charge in [0.05, 0.1) is 12.6 Å². The second-order valence-corrected chi connectivity index (χ2v) is 11.4. The van der Waals surface area contributed by atoms with E-state index in [1.807, 2.05) is 26.0 Å². The molecule has 40 heavy (non-hydrogen) atoms. The van der Waals surface area contributed by atoms with Gasteiger partial charge in [-0.3, -0.25) is 14.9 Å². The summed E-state index contributed by atoms with van der Waals surface area (Å²) >= 11 is 0. The Hall–Kier alpha value is -3.54. The van der Waals surface area contributed by atoms with E-state index in [9.17, 15) is 24.3 Å². The first-order chi connectivity index (χ1) is 18.6. The number of amides is 3. The number of alkyl carbamates (subject to hydrolysis) is 1. The van der Waals surface area contributed by atoms with Crippen molar-refractivity contribution in [2.75, 3.05) is 19.7 Å². The standard InChI is InChI=1S/C28H44N4O8/c1-8-32(24(34)19(4)30-23(33)18(3)29)15-17(2)16-38-22-11-9-10-20-12-13-28(14-21(20)22,40-26(36)37)31-25(35)39-27(5,6)7/h9-11,17-19H,8,12-16,29H2,1-7H3,(H,30,33)(H,31,35)(H,36,37)/t17-,18-,19-,28+/m0/s1. The van der Waals surface area contributed by atoms with Crippen LogP contribution in [0.3, 0.4) is 0 Å². The molecule has 0 saturated heterocycles. The molecule has 1 aliphatic rings. The summed E-state index contributed by atoms with van der Waals surface area (Å²) in [5.74, 6) is -0.143. The quantitative estimate of drug-likeness (QED) is 0.233. The van der Waals surface area contributed by atoms with E-state index in [-0.39, 0.29) is 31.3 Å². The molecule has 1 aliphatic carbocycles. The zero-order valence-electron chi connectivity index (χ0n) is 24.5. The molecule has 0 spiro atoms. The Morgan fingerprint density at radius 2 is 1.85 bits per heavy atom. The van der Waals surface area contributed by atoms with Crippen LogP contribution < -0.4 is 21.1 Å². The van der Waals surface area contributed by atoms with Crippen molar-refractivity contribution >= 4 is 24.1 Å². The van der Waals surface area contributed by atoms with Crippen molar-refractivity contribution in [3.05, 3.63) is 29.3 Å². The Balaban J connectivity index is 2.13. The molecule has 12 heteroatoms. The van der Waals surface area contributed by atoms with E-state index in [2.05, 4.69) is 10.6 Å². The summed E-state index contributed by atoms with van der Waals surface area (Å²) in [6.45, 7) is 13.2. The van der Waals surface area contributed by atoms with E-state index < -0.39 is 41.6 Å². The van der Waals surface area contributed by atoms with Gasteiger partial charge in [-0.2, -0.15) is 0 Å². The molecule has 3 amide bonds. The van der Waals surface area contributed by atoms with Crippen LogP contribution in [0.2, 0.25) is 0 Å². The smallest absolute Gasteiger partial charge is 0.493 e. The lowest BCUT2D eigenvalue weighted by molar-refractivity contribution is -0.136. The number of ether oxygens (including phenoxy) is 3. The third-order valence-electron chi connectivity index (χ3n) is 6.39. The maximum absolute atomic E-state index is 12.9. The fourth-order valence-corrected chi connectivity index (χ4v) is 4.48. The van der Waals surface area contributed by atoms with E-state index in [0.717, 1.165) is 11.1 Å². The predicted molar refractivity (Wildman–Crippen MR) is 148 cm³/mol. The molecule has 4 atom stereocenters. The van der Waals surface area contributed by atoms with E-state index in [1.54, 1.807) is 45.6 Å². The molecule has 0 heterocycles. The molecule has 224 valence electrons. The molecular formula is C28H44N4O8. The summed E-state index contributed by atoms with van der Waals surface area (Å²) in [4.78, 5) is 50.6. The largest absolute Gasteiger partial charge is 0.507 e. The van der Waals surface area contributed by atoms with Crippen LogP contribution in [-0.4, -0.2) is 77.2 Å². The van der Waals surface area contributed by atoms with Crippen molar-refractivity contribution in [3.8, 4) is 5.75 Å². The lowest BCUT2D eigenvalue weighted by atomic mass is 9.85. The molecular weight excluding hydrogens is 520 g/mol. The molecule has 1 aromatic rings. The number of likely N-dealkylation sites (N-methyl/N-ethyl adjacent to an activating group) is 1. The number of fused-ring (bicyclic) bond motifs is 1. The van der Waals surface area contributed by atoms with Crippen LogP contribution in [-0.2, 0) is 31.9 Å². The fraction of sp³-hybridized carbons (Fsp3) is 0.643. The van der Waals surface area contributed by atoms with Gasteiger partial charge in [-0.15, -0.1) is 0 Å². The van der Waals surface area contributed by atoms with Gasteiger partial charge in [-0.05, 0) is 59.6 Å². The number of nitrogens with zero attached hydrogens (tertiary/aromatic N) is 1. The topological polar surface area (TPSA) is 170 Å². The highest BCUT2D eigenvalue weighted by Gasteiger charge is 2.42. The Bertz CT molecular complexity index is 1070. The van der Waals surface area contributed by atoms with E-state index in [0.29, 0.717) is 25.3 Å². The lowest BCUT2D eigenvalue weighted by Crippen LogP contribution is -2.56. The van der Waals surface area contributed by atoms with Gasteiger partial charge in [0, 0.05) is 37.4 Å². The zero-order valence-corrected chi connectivity index (χ0v) is 24.5. The molecule has 12 nitrogen and oxygen atoms in total. The summed E-state index contributed by atoms with van der Waals surface area (Å²) in [7, 11) is 0. The van der Waals surface area contributed by atoms with Crippen molar-refractivity contribution in [1.82, 2.24) is 15.5 Å².